The Balaban J connectivity index is 2.04. The van der Waals surface area contributed by atoms with Crippen molar-refractivity contribution in [1.82, 2.24) is 10.2 Å². The van der Waals surface area contributed by atoms with Gasteiger partial charge in [0.1, 0.15) is 5.75 Å². The summed E-state index contributed by atoms with van der Waals surface area (Å²) in [6.45, 7) is 5.04. The summed E-state index contributed by atoms with van der Waals surface area (Å²) >= 11 is 0. The third-order valence-corrected chi connectivity index (χ3v) is 6.67. The number of hydrogen-bond donors (Lipinski definition) is 1. The average Bonchev–Trinajstić information content (AvgIpc) is 2.51. The molecule has 2 rings (SSSR count). The lowest BCUT2D eigenvalue weighted by Gasteiger charge is -2.39. The molecule has 0 aliphatic carbocycles. The van der Waals surface area contributed by atoms with Crippen LogP contribution in [0.5, 0.6) is 5.75 Å². The maximum Gasteiger partial charge on any atom is 0.193 e. The predicted octanol–water partition coefficient (Wildman–Crippen LogP) is 1.28. The molecule has 0 radical (unpaired) electrons. The minimum absolute atomic E-state index is 0.153. The monoisotopic (exact) mass is 339 g/mol. The number of nitrogens with one attached hydrogen (secondary N) is 1. The van der Waals surface area contributed by atoms with Gasteiger partial charge in [0, 0.05) is 26.7 Å². The fourth-order valence-electron chi connectivity index (χ4n) is 2.62. The van der Waals surface area contributed by atoms with Crippen LogP contribution >= 0.6 is 0 Å². The number of benzene rings is 1. The first-order valence-electron chi connectivity index (χ1n) is 7.60. The second kappa shape index (κ2) is 6.78. The first-order chi connectivity index (χ1) is 10.8. The maximum absolute atomic E-state index is 12.1. The van der Waals surface area contributed by atoms with E-state index in [0.29, 0.717) is 19.6 Å². The van der Waals surface area contributed by atoms with Crippen LogP contribution in [-0.4, -0.2) is 57.0 Å². The number of aliphatic imine (C=N–C) groups is 1. The van der Waals surface area contributed by atoms with Gasteiger partial charge in [-0.1, -0.05) is 12.1 Å². The zero-order chi connectivity index (χ0) is 17.1. The van der Waals surface area contributed by atoms with Gasteiger partial charge in [0.25, 0.3) is 0 Å². The average molecular weight is 339 g/mol. The van der Waals surface area contributed by atoms with E-state index in [2.05, 4.69) is 10.3 Å². The molecular formula is C16H25N3O3S. The zero-order valence-corrected chi connectivity index (χ0v) is 15.0. The van der Waals surface area contributed by atoms with Crippen molar-refractivity contribution in [2.45, 2.75) is 25.1 Å². The Labute approximate surface area is 138 Å². The summed E-state index contributed by atoms with van der Waals surface area (Å²) in [5.41, 5.74) is 1.08. The number of hydrogen-bond acceptors (Lipinski definition) is 4. The second-order valence-electron chi connectivity index (χ2n) is 6.25. The molecule has 0 aromatic heterocycles. The molecule has 23 heavy (non-hydrogen) atoms. The summed E-state index contributed by atoms with van der Waals surface area (Å²) in [6, 6.07) is 7.81. The van der Waals surface area contributed by atoms with Crippen LogP contribution < -0.4 is 10.1 Å². The third-order valence-electron chi connectivity index (χ3n) is 4.14. The fraction of sp³-hybridized carbons (Fsp3) is 0.562. The number of sulfone groups is 1. The highest BCUT2D eigenvalue weighted by Gasteiger charge is 2.40. The van der Waals surface area contributed by atoms with Gasteiger partial charge in [-0.25, -0.2) is 8.42 Å². The first kappa shape index (κ1) is 17.6. The van der Waals surface area contributed by atoms with Crippen molar-refractivity contribution in [3.63, 3.8) is 0 Å². The van der Waals surface area contributed by atoms with Crippen LogP contribution in [0.2, 0.25) is 0 Å². The molecule has 1 heterocycles. The molecule has 1 aliphatic rings. The molecule has 7 heteroatoms. The van der Waals surface area contributed by atoms with Gasteiger partial charge in [-0.2, -0.15) is 0 Å². The summed E-state index contributed by atoms with van der Waals surface area (Å²) < 4.78 is 28.7. The Bertz CT molecular complexity index is 684. The van der Waals surface area contributed by atoms with E-state index in [1.54, 1.807) is 28.0 Å². The largest absolute Gasteiger partial charge is 0.497 e. The molecule has 128 valence electrons. The number of methoxy groups -OCH3 is 1. The standard InChI is InChI=1S/C16H25N3O3S/c1-16(2)12-19(8-9-23(16,20)21)15(17-3)18-11-13-6-5-7-14(10-13)22-4/h5-7,10H,8-9,11-12H2,1-4H3,(H,17,18). The van der Waals surface area contributed by atoms with Crippen molar-refractivity contribution >= 4 is 15.8 Å². The highest BCUT2D eigenvalue weighted by Crippen LogP contribution is 2.23. The van der Waals surface area contributed by atoms with Crippen LogP contribution in [0.4, 0.5) is 0 Å². The molecule has 0 bridgehead atoms. The van der Waals surface area contributed by atoms with Crippen molar-refractivity contribution < 1.29 is 13.2 Å². The lowest BCUT2D eigenvalue weighted by molar-refractivity contribution is 0.353. The van der Waals surface area contributed by atoms with E-state index in [1.165, 1.54) is 0 Å². The molecule has 0 atom stereocenters. The number of ether oxygens (including phenoxy) is 1. The number of rotatable bonds is 3. The molecule has 1 N–H and O–H groups in total. The van der Waals surface area contributed by atoms with Gasteiger partial charge in [0.2, 0.25) is 0 Å². The Hall–Kier alpha value is -1.76. The van der Waals surface area contributed by atoms with Crippen molar-refractivity contribution in [2.24, 2.45) is 4.99 Å². The van der Waals surface area contributed by atoms with Crippen molar-refractivity contribution in [3.05, 3.63) is 29.8 Å². The molecular weight excluding hydrogens is 314 g/mol. The molecule has 1 aromatic carbocycles. The topological polar surface area (TPSA) is 71.0 Å². The number of nitrogens with zero attached hydrogens (tertiary/aromatic N) is 2. The highest BCUT2D eigenvalue weighted by atomic mass is 32.2. The van der Waals surface area contributed by atoms with Gasteiger partial charge in [0.05, 0.1) is 17.6 Å². The molecule has 1 aliphatic heterocycles. The summed E-state index contributed by atoms with van der Waals surface area (Å²) in [7, 11) is 0.300. The lowest BCUT2D eigenvalue weighted by atomic mass is 10.2. The van der Waals surface area contributed by atoms with E-state index in [1.807, 2.05) is 29.2 Å². The summed E-state index contributed by atoms with van der Waals surface area (Å²) in [5.74, 6) is 1.68. The molecule has 0 unspecified atom stereocenters. The highest BCUT2D eigenvalue weighted by molar-refractivity contribution is 7.92. The first-order valence-corrected chi connectivity index (χ1v) is 9.25. The second-order valence-corrected chi connectivity index (χ2v) is 9.00. The molecule has 1 fully saturated rings. The van der Waals surface area contributed by atoms with Gasteiger partial charge in [-0.15, -0.1) is 0 Å². The normalized spacial score (nSPS) is 20.2. The van der Waals surface area contributed by atoms with Crippen LogP contribution in [0, 0.1) is 0 Å². The Morgan fingerprint density at radius 2 is 2.17 bits per heavy atom. The fourth-order valence-corrected chi connectivity index (χ4v) is 3.99. The van der Waals surface area contributed by atoms with Crippen molar-refractivity contribution in [1.29, 1.82) is 0 Å². The molecule has 0 saturated carbocycles. The van der Waals surface area contributed by atoms with Crippen molar-refractivity contribution in [2.75, 3.05) is 33.0 Å². The van der Waals surface area contributed by atoms with Crippen LogP contribution in [0.1, 0.15) is 19.4 Å². The minimum atomic E-state index is -3.05. The van der Waals surface area contributed by atoms with E-state index >= 15 is 0 Å². The van der Waals surface area contributed by atoms with Crippen LogP contribution in [-0.2, 0) is 16.4 Å². The molecule has 1 saturated heterocycles. The van der Waals surface area contributed by atoms with Crippen LogP contribution in [0.25, 0.3) is 0 Å². The summed E-state index contributed by atoms with van der Waals surface area (Å²) in [4.78, 5) is 6.29. The van der Waals surface area contributed by atoms with Gasteiger partial charge in [-0.3, -0.25) is 4.99 Å². The maximum atomic E-state index is 12.1. The molecule has 0 amide bonds. The Kier molecular flexibility index (Phi) is 5.19. The van der Waals surface area contributed by atoms with E-state index in [9.17, 15) is 8.42 Å². The molecule has 1 aromatic rings. The van der Waals surface area contributed by atoms with E-state index < -0.39 is 14.6 Å². The van der Waals surface area contributed by atoms with E-state index in [4.69, 9.17) is 4.74 Å². The van der Waals surface area contributed by atoms with Gasteiger partial charge >= 0.3 is 0 Å². The van der Waals surface area contributed by atoms with Gasteiger partial charge < -0.3 is 15.0 Å². The summed E-state index contributed by atoms with van der Waals surface area (Å²) in [5, 5.41) is 3.30. The minimum Gasteiger partial charge on any atom is -0.497 e. The smallest absolute Gasteiger partial charge is 0.193 e. The number of guanidine groups is 1. The summed E-state index contributed by atoms with van der Waals surface area (Å²) in [6.07, 6.45) is 0. The van der Waals surface area contributed by atoms with Crippen LogP contribution in [0.3, 0.4) is 0 Å². The predicted molar refractivity (Wildman–Crippen MR) is 92.6 cm³/mol. The Morgan fingerprint density at radius 1 is 1.43 bits per heavy atom. The van der Waals surface area contributed by atoms with Crippen molar-refractivity contribution in [3.8, 4) is 5.75 Å². The van der Waals surface area contributed by atoms with E-state index in [-0.39, 0.29) is 5.75 Å². The van der Waals surface area contributed by atoms with Crippen LogP contribution in [0.15, 0.2) is 29.3 Å². The quantitative estimate of drug-likeness (QED) is 0.663. The third kappa shape index (κ3) is 3.96. The zero-order valence-electron chi connectivity index (χ0n) is 14.2. The van der Waals surface area contributed by atoms with Gasteiger partial charge in [-0.05, 0) is 31.5 Å². The lowest BCUT2D eigenvalue weighted by Crippen LogP contribution is -2.57. The SMILES string of the molecule is CN=C(NCc1cccc(OC)c1)N1CCS(=O)(=O)C(C)(C)C1. The Morgan fingerprint density at radius 3 is 2.78 bits per heavy atom. The van der Waals surface area contributed by atoms with E-state index in [0.717, 1.165) is 17.3 Å². The molecule has 0 spiro atoms. The molecule has 6 nitrogen and oxygen atoms in total. The van der Waals surface area contributed by atoms with Gasteiger partial charge in [0.15, 0.2) is 15.8 Å².